The van der Waals surface area contributed by atoms with Gasteiger partial charge in [0.1, 0.15) is 0 Å². The number of aromatic nitrogens is 2. The summed E-state index contributed by atoms with van der Waals surface area (Å²) in [4.78, 5) is 9.62. The number of hydrogen-bond donors (Lipinski definition) is 0. The Morgan fingerprint density at radius 2 is 1.27 bits per heavy atom. The summed E-state index contributed by atoms with van der Waals surface area (Å²) in [7, 11) is 2.21. The molecule has 0 bridgehead atoms. The number of pyridine rings is 1. The van der Waals surface area contributed by atoms with Gasteiger partial charge < -0.3 is 0 Å². The van der Waals surface area contributed by atoms with Gasteiger partial charge in [-0.1, -0.05) is 0 Å². The van der Waals surface area contributed by atoms with Gasteiger partial charge in [0.05, 0.1) is 0 Å². The molecular weight excluding hydrogens is 661 g/mol. The van der Waals surface area contributed by atoms with Gasteiger partial charge in [-0.3, -0.25) is 0 Å². The van der Waals surface area contributed by atoms with Crippen LogP contribution in [0.2, 0.25) is 0 Å². The third-order valence-electron chi connectivity index (χ3n) is 10.8. The summed E-state index contributed by atoms with van der Waals surface area (Å²) in [5.41, 5.74) is 8.90. The molecule has 1 spiro atoms. The monoisotopic (exact) mass is 692 g/mol. The van der Waals surface area contributed by atoms with Crippen molar-refractivity contribution in [3.63, 3.8) is 0 Å². The molecule has 2 aromatic heterocycles. The van der Waals surface area contributed by atoms with Gasteiger partial charge in [0.25, 0.3) is 0 Å². The number of fused-ring (bicyclic) bond motifs is 12. The van der Waals surface area contributed by atoms with Gasteiger partial charge in [0.15, 0.2) is 0 Å². The first-order chi connectivity index (χ1) is 24.2. The fourth-order valence-electron chi connectivity index (χ4n) is 8.94. The summed E-state index contributed by atoms with van der Waals surface area (Å²) in [5.74, 6) is 2.53. The molecule has 0 aliphatic carbocycles. The Bertz CT molecular complexity index is 2620. The molecule has 5 nitrogen and oxygen atoms in total. The number of benzene rings is 6. The Balaban J connectivity index is 1.11. The van der Waals surface area contributed by atoms with Crippen molar-refractivity contribution in [3.05, 3.63) is 152 Å². The molecule has 0 amide bonds. The van der Waals surface area contributed by atoms with E-state index in [1.807, 2.05) is 18.3 Å². The molecule has 6 heteroatoms. The number of rotatable bonds is 3. The maximum atomic E-state index is 6.80. The molecule has 0 fully saturated rings. The molecule has 8 aromatic rings. The first-order valence-corrected chi connectivity index (χ1v) is 21.0. The van der Waals surface area contributed by atoms with Gasteiger partial charge in [0.2, 0.25) is 0 Å². The second-order valence-corrected chi connectivity index (χ2v) is 21.0. The standard InChI is InChI=1S/C43H30GeN4O/c1-46-27-47-41-26-29(49-28-20-22-33-32-13-4-7-17-38(32)48(40(33)25-28)42-19-8-9-24-45-42)21-23-36(41)44(37-16-10-18-39(46)43(37)47)34-14-5-2-11-30(34)31-12-3-6-15-35(31)44/h2-26H,27H2,1H3. The molecule has 3 aliphatic rings. The fraction of sp³-hybridized carbons (Fsp3) is 0.0465. The van der Waals surface area contributed by atoms with E-state index in [0.717, 1.165) is 35.0 Å². The molecule has 0 unspecified atom stereocenters. The topological polar surface area (TPSA) is 33.5 Å². The zero-order valence-electron chi connectivity index (χ0n) is 26.8. The minimum atomic E-state index is -3.38. The molecule has 232 valence electrons. The second-order valence-electron chi connectivity index (χ2n) is 13.3. The van der Waals surface area contributed by atoms with Gasteiger partial charge >= 0.3 is 282 Å². The maximum absolute atomic E-state index is 6.80. The van der Waals surface area contributed by atoms with E-state index in [-0.39, 0.29) is 0 Å². The van der Waals surface area contributed by atoms with E-state index in [0.29, 0.717) is 0 Å². The van der Waals surface area contributed by atoms with Crippen molar-refractivity contribution in [1.29, 1.82) is 0 Å². The van der Waals surface area contributed by atoms with E-state index in [1.165, 1.54) is 56.5 Å². The van der Waals surface area contributed by atoms with E-state index >= 15 is 0 Å². The second kappa shape index (κ2) is 9.87. The van der Waals surface area contributed by atoms with Crippen LogP contribution in [0, 0.1) is 0 Å². The first-order valence-electron chi connectivity index (χ1n) is 16.8. The first kappa shape index (κ1) is 27.2. The van der Waals surface area contributed by atoms with Crippen LogP contribution < -0.4 is 32.1 Å². The van der Waals surface area contributed by atoms with Gasteiger partial charge in [0, 0.05) is 0 Å². The zero-order valence-corrected chi connectivity index (χ0v) is 28.9. The third kappa shape index (κ3) is 3.52. The summed E-state index contributed by atoms with van der Waals surface area (Å²) in [6, 6.07) is 53.2. The van der Waals surface area contributed by atoms with Crippen LogP contribution in [0.4, 0.5) is 17.1 Å². The van der Waals surface area contributed by atoms with Crippen molar-refractivity contribution in [3.8, 4) is 28.4 Å². The van der Waals surface area contributed by atoms with Gasteiger partial charge in [-0.25, -0.2) is 0 Å². The summed E-state index contributed by atoms with van der Waals surface area (Å²) >= 11 is -3.38. The Hall–Kier alpha value is -5.79. The summed E-state index contributed by atoms with van der Waals surface area (Å²) in [6.45, 7) is 0.806. The molecular formula is C43H30GeN4O. The molecule has 0 atom stereocenters. The van der Waals surface area contributed by atoms with Crippen LogP contribution in [0.15, 0.2) is 152 Å². The normalized spacial score (nSPS) is 14.6. The summed E-state index contributed by atoms with van der Waals surface area (Å²) in [5, 5.41) is 2.38. The SMILES string of the molecule is CN1CN2c3cc(Oc4ccc5c6ccccc6n(-c6ccccn6)c5c4)cc[c]3[Ge]3([c]4ccccc4-c4cccc[c]43)[c]3cccc1c32. The molecule has 0 saturated carbocycles. The van der Waals surface area contributed by atoms with Crippen LogP contribution in [0.5, 0.6) is 11.5 Å². The van der Waals surface area contributed by atoms with E-state index in [4.69, 9.17) is 9.72 Å². The number of ether oxygens (including phenoxy) is 1. The number of hydrogen-bond acceptors (Lipinski definition) is 4. The van der Waals surface area contributed by atoms with Crippen molar-refractivity contribution < 1.29 is 4.74 Å². The summed E-state index contributed by atoms with van der Waals surface area (Å²) in [6.07, 6.45) is 1.85. The third-order valence-corrected chi connectivity index (χ3v) is 21.2. The zero-order chi connectivity index (χ0) is 32.3. The van der Waals surface area contributed by atoms with E-state index in [2.05, 4.69) is 155 Å². The molecule has 6 aromatic carbocycles. The molecule has 5 heterocycles. The van der Waals surface area contributed by atoms with Gasteiger partial charge in [-0.2, -0.15) is 0 Å². The minimum absolute atomic E-state index is 0.802. The van der Waals surface area contributed by atoms with Crippen molar-refractivity contribution in [1.82, 2.24) is 9.55 Å². The van der Waals surface area contributed by atoms with E-state index in [1.54, 1.807) is 0 Å². The van der Waals surface area contributed by atoms with Crippen LogP contribution in [-0.4, -0.2) is 36.5 Å². The van der Waals surface area contributed by atoms with Crippen LogP contribution in [0.1, 0.15) is 0 Å². The predicted octanol–water partition coefficient (Wildman–Crippen LogP) is 7.19. The average molecular weight is 691 g/mol. The Kier molecular flexibility index (Phi) is 5.48. The van der Waals surface area contributed by atoms with Crippen LogP contribution in [0.25, 0.3) is 38.8 Å². The Morgan fingerprint density at radius 3 is 2.08 bits per heavy atom. The van der Waals surface area contributed by atoms with Crippen molar-refractivity contribution >= 4 is 69.7 Å². The molecule has 0 saturated heterocycles. The van der Waals surface area contributed by atoms with Crippen molar-refractivity contribution in [2.24, 2.45) is 0 Å². The number of para-hydroxylation sites is 2. The summed E-state index contributed by atoms with van der Waals surface area (Å²) < 4.78 is 15.1. The number of nitrogens with zero attached hydrogens (tertiary/aromatic N) is 4. The number of anilines is 3. The fourth-order valence-corrected chi connectivity index (χ4v) is 20.6. The molecule has 11 rings (SSSR count). The van der Waals surface area contributed by atoms with E-state index < -0.39 is 13.3 Å². The molecule has 0 radical (unpaired) electrons. The van der Waals surface area contributed by atoms with Gasteiger partial charge in [-0.15, -0.1) is 0 Å². The van der Waals surface area contributed by atoms with Crippen LogP contribution >= 0.6 is 0 Å². The van der Waals surface area contributed by atoms with Crippen LogP contribution in [0.3, 0.4) is 0 Å². The molecule has 3 aliphatic heterocycles. The predicted molar refractivity (Wildman–Crippen MR) is 203 cm³/mol. The van der Waals surface area contributed by atoms with Crippen molar-refractivity contribution in [2.75, 3.05) is 23.5 Å². The molecule has 0 N–H and O–H groups in total. The Labute approximate surface area is 286 Å². The Morgan fingerprint density at radius 1 is 0.571 bits per heavy atom. The quantitative estimate of drug-likeness (QED) is 0.184. The van der Waals surface area contributed by atoms with Gasteiger partial charge in [-0.05, 0) is 6.07 Å². The van der Waals surface area contributed by atoms with Crippen LogP contribution in [-0.2, 0) is 0 Å². The van der Waals surface area contributed by atoms with E-state index in [9.17, 15) is 0 Å². The van der Waals surface area contributed by atoms with Crippen molar-refractivity contribution in [2.45, 2.75) is 0 Å². The average Bonchev–Trinajstić information content (AvgIpc) is 3.77. The molecule has 49 heavy (non-hydrogen) atoms.